The van der Waals surface area contributed by atoms with E-state index in [0.717, 1.165) is 29.1 Å². The molecule has 15 heteroatoms. The van der Waals surface area contributed by atoms with Crippen LogP contribution in [0.3, 0.4) is 0 Å². The summed E-state index contributed by atoms with van der Waals surface area (Å²) in [5, 5.41) is 22.0. The molecule has 0 radical (unpaired) electrons. The Bertz CT molecular complexity index is 1300. The van der Waals surface area contributed by atoms with Crippen molar-refractivity contribution in [3.8, 4) is 0 Å². The van der Waals surface area contributed by atoms with Crippen LogP contribution in [0, 0.1) is 11.8 Å². The predicted octanol–water partition coefficient (Wildman–Crippen LogP) is 2.25. The molecule has 0 spiro atoms. The largest absolute Gasteiger partial charge is 2.00 e. The molecule has 0 aliphatic carbocycles. The van der Waals surface area contributed by atoms with Crippen LogP contribution < -0.4 is 10.2 Å². The zero-order chi connectivity index (χ0) is 29.1. The van der Waals surface area contributed by atoms with Gasteiger partial charge < -0.3 is 29.3 Å². The molecule has 0 saturated carbocycles. The van der Waals surface area contributed by atoms with Crippen molar-refractivity contribution >= 4 is 128 Å². The van der Waals surface area contributed by atoms with Gasteiger partial charge in [0.2, 0.25) is 0 Å². The quantitative estimate of drug-likeness (QED) is 0.124. The average molecular weight is 661 g/mol. The minimum atomic E-state index is -1.25. The molecule has 0 N–H and O–H groups in total. The first-order valence-electron chi connectivity index (χ1n) is 11.7. The molecule has 2 heterocycles. The number of aliphatic carboxylic acids is 2. The van der Waals surface area contributed by atoms with E-state index in [1.165, 1.54) is 60.4 Å². The Morgan fingerprint density at radius 1 is 0.732 bits per heavy atom. The summed E-state index contributed by atoms with van der Waals surface area (Å²) in [5.74, 6) is -4.88. The minimum Gasteiger partial charge on any atom is -0.550 e. The van der Waals surface area contributed by atoms with Crippen LogP contribution in [-0.2, 0) is 28.7 Å². The van der Waals surface area contributed by atoms with Gasteiger partial charge in [-0.15, -0.1) is 22.7 Å². The molecule has 0 aliphatic rings. The van der Waals surface area contributed by atoms with Crippen LogP contribution in [0.1, 0.15) is 12.8 Å². The summed E-state index contributed by atoms with van der Waals surface area (Å²) in [6, 6.07) is 15.4. The number of methoxy groups -OCH3 is 2. The summed E-state index contributed by atoms with van der Waals surface area (Å²) >= 11 is 5.62. The van der Waals surface area contributed by atoms with E-state index in [2.05, 4.69) is 19.4 Å². The van der Waals surface area contributed by atoms with E-state index < -0.39 is 35.7 Å². The Labute approximate surface area is 282 Å². The number of ether oxygens (including phenoxy) is 2. The fourth-order valence-corrected chi connectivity index (χ4v) is 7.49. The molecule has 0 bridgehead atoms. The third-order valence-electron chi connectivity index (χ3n) is 5.31. The zero-order valence-corrected chi connectivity index (χ0v) is 27.6. The van der Waals surface area contributed by atoms with Crippen molar-refractivity contribution in [2.24, 2.45) is 11.8 Å². The number of nitrogens with zero attached hydrogens (tertiary/aromatic N) is 2. The normalized spacial score (nSPS) is 12.0. The van der Waals surface area contributed by atoms with Gasteiger partial charge in [-0.05, 0) is 24.3 Å². The van der Waals surface area contributed by atoms with Crippen LogP contribution in [0.15, 0.2) is 57.2 Å². The Hall–Kier alpha value is -1.94. The maximum Gasteiger partial charge on any atom is 2.00 e. The smallest absolute Gasteiger partial charge is 0.550 e. The van der Waals surface area contributed by atoms with E-state index in [1.54, 1.807) is 0 Å². The number of benzene rings is 2. The summed E-state index contributed by atoms with van der Waals surface area (Å²) in [4.78, 5) is 53.1. The fourth-order valence-electron chi connectivity index (χ4n) is 3.16. The molecule has 2 aromatic heterocycles. The second-order valence-corrected chi connectivity index (χ2v) is 12.7. The van der Waals surface area contributed by atoms with Crippen molar-refractivity contribution < 1.29 is 38.9 Å². The van der Waals surface area contributed by atoms with E-state index in [1.807, 2.05) is 48.5 Å². The SMILES string of the molecule is COC(=O)CC(CSc1nc2ccccc2s1)C(=O)[O-].COC(=O)CC(CSc1nc2ccccc2s1)C(=O)[O-].[Ca+2]. The van der Waals surface area contributed by atoms with E-state index in [9.17, 15) is 29.4 Å². The number of rotatable bonds is 12. The fraction of sp³-hybridized carbons (Fsp3) is 0.308. The van der Waals surface area contributed by atoms with Crippen molar-refractivity contribution in [2.75, 3.05) is 25.7 Å². The van der Waals surface area contributed by atoms with Crippen LogP contribution >= 0.6 is 46.2 Å². The number of esters is 2. The van der Waals surface area contributed by atoms with Gasteiger partial charge in [0.25, 0.3) is 0 Å². The van der Waals surface area contributed by atoms with Gasteiger partial charge in [-0.1, -0.05) is 47.8 Å². The van der Waals surface area contributed by atoms with Gasteiger partial charge in [-0.25, -0.2) is 9.97 Å². The molecular weight excluding hydrogens is 637 g/mol. The average Bonchev–Trinajstić information content (AvgIpc) is 3.56. The van der Waals surface area contributed by atoms with E-state index >= 15 is 0 Å². The third kappa shape index (κ3) is 11.3. The van der Waals surface area contributed by atoms with Gasteiger partial charge in [0, 0.05) is 35.3 Å². The first-order valence-corrected chi connectivity index (χ1v) is 15.3. The number of hydrogen-bond acceptors (Lipinski definition) is 14. The Morgan fingerprint density at radius 3 is 1.41 bits per heavy atom. The van der Waals surface area contributed by atoms with Crippen LogP contribution in [0.25, 0.3) is 20.4 Å². The van der Waals surface area contributed by atoms with Gasteiger partial charge in [-0.3, -0.25) is 9.59 Å². The predicted molar refractivity (Wildman–Crippen MR) is 157 cm³/mol. The van der Waals surface area contributed by atoms with Crippen molar-refractivity contribution in [3.05, 3.63) is 48.5 Å². The molecular formula is C26H24CaN2O8S4. The van der Waals surface area contributed by atoms with Crippen LogP contribution in [-0.4, -0.2) is 97.3 Å². The second-order valence-electron chi connectivity index (χ2n) is 8.11. The molecule has 0 fully saturated rings. The van der Waals surface area contributed by atoms with E-state index in [-0.39, 0.29) is 62.1 Å². The molecule has 0 saturated heterocycles. The van der Waals surface area contributed by atoms with Gasteiger partial charge in [0.05, 0.1) is 47.5 Å². The molecule has 4 aromatic rings. The van der Waals surface area contributed by atoms with Crippen molar-refractivity contribution in [3.63, 3.8) is 0 Å². The molecule has 2 aromatic carbocycles. The maximum atomic E-state index is 11.1. The topological polar surface area (TPSA) is 159 Å². The van der Waals surface area contributed by atoms with Gasteiger partial charge >= 0.3 is 49.7 Å². The Kier molecular flexibility index (Phi) is 15.4. The second kappa shape index (κ2) is 17.9. The summed E-state index contributed by atoms with van der Waals surface area (Å²) < 4.78 is 12.6. The maximum absolute atomic E-state index is 11.1. The van der Waals surface area contributed by atoms with E-state index in [0.29, 0.717) is 0 Å². The first kappa shape index (κ1) is 35.3. The molecule has 41 heavy (non-hydrogen) atoms. The van der Waals surface area contributed by atoms with Crippen LogP contribution in [0.2, 0.25) is 0 Å². The number of carbonyl (C=O) groups excluding carboxylic acids is 4. The molecule has 212 valence electrons. The van der Waals surface area contributed by atoms with Crippen LogP contribution in [0.4, 0.5) is 0 Å². The number of aromatic nitrogens is 2. The summed E-state index contributed by atoms with van der Waals surface area (Å²) in [6.45, 7) is 0. The molecule has 2 unspecified atom stereocenters. The first-order chi connectivity index (χ1) is 19.2. The molecule has 10 nitrogen and oxygen atoms in total. The number of thiazole rings is 2. The number of carboxylic acids is 2. The third-order valence-corrected chi connectivity index (χ3v) is 10.00. The number of para-hydroxylation sites is 2. The molecule has 4 rings (SSSR count). The van der Waals surface area contributed by atoms with Crippen molar-refractivity contribution in [1.82, 2.24) is 9.97 Å². The molecule has 0 amide bonds. The Morgan fingerprint density at radius 2 is 1.10 bits per heavy atom. The van der Waals surface area contributed by atoms with Crippen molar-refractivity contribution in [2.45, 2.75) is 21.5 Å². The number of hydrogen-bond donors (Lipinski definition) is 0. The number of fused-ring (bicyclic) bond motifs is 2. The minimum absolute atomic E-state index is 0. The monoisotopic (exact) mass is 660 g/mol. The standard InChI is InChI=1S/2C13H13NO4S2.Ca/c2*1-18-11(15)6-8(12(16)17)7-19-13-14-9-4-2-3-5-10(9)20-13;/h2*2-5,8H,6-7H2,1H3,(H,16,17);/q;;+2/p-2. The van der Waals surface area contributed by atoms with Crippen LogP contribution in [0.5, 0.6) is 0 Å². The van der Waals surface area contributed by atoms with Gasteiger partial charge in [-0.2, -0.15) is 0 Å². The number of carboxylic acid groups (broad SMARTS) is 2. The zero-order valence-electron chi connectivity index (χ0n) is 22.1. The summed E-state index contributed by atoms with van der Waals surface area (Å²) in [5.41, 5.74) is 1.77. The Balaban J connectivity index is 0.000000280. The van der Waals surface area contributed by atoms with Gasteiger partial charge in [0.15, 0.2) is 8.68 Å². The van der Waals surface area contributed by atoms with Gasteiger partial charge in [0.1, 0.15) is 0 Å². The summed E-state index contributed by atoms with van der Waals surface area (Å²) in [7, 11) is 2.46. The molecule has 0 aliphatic heterocycles. The number of thioether (sulfide) groups is 2. The number of carbonyl (C=O) groups is 4. The molecule has 2 atom stereocenters. The summed E-state index contributed by atoms with van der Waals surface area (Å²) in [6.07, 6.45) is -0.368. The van der Waals surface area contributed by atoms with E-state index in [4.69, 9.17) is 0 Å². The van der Waals surface area contributed by atoms with Crippen molar-refractivity contribution in [1.29, 1.82) is 0 Å².